The van der Waals surface area contributed by atoms with Crippen LogP contribution in [0.25, 0.3) is 0 Å². The first kappa shape index (κ1) is 6.54. The monoisotopic (exact) mass is 188 g/mol. The molecule has 0 amide bonds. The van der Waals surface area contributed by atoms with E-state index in [-0.39, 0.29) is 0 Å². The molecule has 48 valence electrons. The summed E-state index contributed by atoms with van der Waals surface area (Å²) >= 11 is 3.18. The maximum atomic E-state index is 3.73. The van der Waals surface area contributed by atoms with Crippen LogP contribution < -0.4 is 0 Å². The van der Waals surface area contributed by atoms with Crippen LogP contribution in [0.15, 0.2) is 4.60 Å². The first-order valence-electron chi connectivity index (χ1n) is 2.55. The van der Waals surface area contributed by atoms with Gasteiger partial charge in [0.1, 0.15) is 0 Å². The Morgan fingerprint density at radius 2 is 2.00 bits per heavy atom. The van der Waals surface area contributed by atoms with Gasteiger partial charge in [-0.25, -0.2) is 0 Å². The highest BCUT2D eigenvalue weighted by atomic mass is 79.9. The lowest BCUT2D eigenvalue weighted by Gasteiger charge is -1.91. The van der Waals surface area contributed by atoms with Crippen LogP contribution >= 0.6 is 15.9 Å². The van der Waals surface area contributed by atoms with Crippen LogP contribution in [0.1, 0.15) is 12.6 Å². The summed E-state index contributed by atoms with van der Waals surface area (Å²) in [7, 11) is 0. The topological polar surface area (TPSA) is 51.6 Å². The van der Waals surface area contributed by atoms with Crippen molar-refractivity contribution < 1.29 is 0 Å². The van der Waals surface area contributed by atoms with Crippen molar-refractivity contribution in [3.8, 4) is 0 Å². The number of rotatable bonds is 1. The Kier molecular flexibility index (Phi) is 2.05. The predicted molar refractivity (Wildman–Crippen MR) is 34.7 cm³/mol. The van der Waals surface area contributed by atoms with E-state index in [9.17, 15) is 0 Å². The van der Waals surface area contributed by atoms with Gasteiger partial charge in [0.25, 0.3) is 0 Å². The van der Waals surface area contributed by atoms with Crippen LogP contribution in [0, 0.1) is 0 Å². The van der Waals surface area contributed by atoms with Crippen molar-refractivity contribution >= 4 is 15.9 Å². The van der Waals surface area contributed by atoms with Gasteiger partial charge in [0.05, 0.1) is 5.69 Å². The van der Waals surface area contributed by atoms with Gasteiger partial charge in [-0.05, 0) is 32.8 Å². The molecule has 0 saturated heterocycles. The molecule has 0 aliphatic heterocycles. The number of aromatic nitrogens is 4. The second kappa shape index (κ2) is 2.82. The fourth-order valence-corrected chi connectivity index (χ4v) is 0.879. The Hall–Kier alpha value is -0.580. The van der Waals surface area contributed by atoms with Gasteiger partial charge in [0, 0.05) is 0 Å². The Labute approximate surface area is 60.8 Å². The third-order valence-electron chi connectivity index (χ3n) is 0.911. The fraction of sp³-hybridized carbons (Fsp3) is 0.500. The Morgan fingerprint density at radius 1 is 1.33 bits per heavy atom. The molecule has 0 aromatic carbocycles. The second-order valence-corrected chi connectivity index (χ2v) is 2.22. The van der Waals surface area contributed by atoms with Crippen molar-refractivity contribution in [3.05, 3.63) is 10.3 Å². The summed E-state index contributed by atoms with van der Waals surface area (Å²) in [5, 5.41) is 14.1. The molecule has 0 aliphatic rings. The molecule has 1 heterocycles. The molecule has 1 aromatic rings. The minimum atomic E-state index is 0.681. The minimum absolute atomic E-state index is 0.681. The zero-order chi connectivity index (χ0) is 6.69. The molecule has 0 radical (unpaired) electrons. The third kappa shape index (κ3) is 1.41. The number of hydrogen-bond donors (Lipinski definition) is 0. The Bertz CT molecular complexity index is 202. The van der Waals surface area contributed by atoms with Crippen LogP contribution in [-0.2, 0) is 6.42 Å². The van der Waals surface area contributed by atoms with Gasteiger partial charge < -0.3 is 0 Å². The van der Waals surface area contributed by atoms with Gasteiger partial charge in [0.2, 0.25) is 0 Å². The molecule has 5 heteroatoms. The van der Waals surface area contributed by atoms with E-state index in [0.717, 1.165) is 12.1 Å². The molecule has 0 unspecified atom stereocenters. The van der Waals surface area contributed by atoms with Crippen molar-refractivity contribution in [1.82, 2.24) is 20.6 Å². The summed E-state index contributed by atoms with van der Waals surface area (Å²) in [5.41, 5.74) is 0.838. The maximum absolute atomic E-state index is 3.73. The summed E-state index contributed by atoms with van der Waals surface area (Å²) in [5.74, 6) is 0. The van der Waals surface area contributed by atoms with Gasteiger partial charge in [-0.15, -0.1) is 10.2 Å². The van der Waals surface area contributed by atoms with Crippen molar-refractivity contribution in [2.24, 2.45) is 0 Å². The molecule has 0 bridgehead atoms. The molecule has 0 N–H and O–H groups in total. The van der Waals surface area contributed by atoms with E-state index in [2.05, 4.69) is 36.6 Å². The molecule has 4 nitrogen and oxygen atoms in total. The highest BCUT2D eigenvalue weighted by Crippen LogP contribution is 2.06. The van der Waals surface area contributed by atoms with E-state index in [1.807, 2.05) is 6.92 Å². The summed E-state index contributed by atoms with van der Waals surface area (Å²) < 4.78 is 0.681. The van der Waals surface area contributed by atoms with Gasteiger partial charge in [0.15, 0.2) is 4.60 Å². The smallest absolute Gasteiger partial charge is 0.131 e. The molecule has 0 spiro atoms. The second-order valence-electron chi connectivity index (χ2n) is 1.47. The van der Waals surface area contributed by atoms with E-state index in [1.54, 1.807) is 0 Å². The van der Waals surface area contributed by atoms with Gasteiger partial charge >= 0.3 is 0 Å². The summed E-state index contributed by atoms with van der Waals surface area (Å²) in [6, 6.07) is 0. The molecule has 1 rings (SSSR count). The van der Waals surface area contributed by atoms with E-state index in [4.69, 9.17) is 0 Å². The Morgan fingerprint density at radius 3 is 2.44 bits per heavy atom. The number of aryl methyl sites for hydroxylation is 1. The van der Waals surface area contributed by atoms with Crippen LogP contribution in [-0.4, -0.2) is 20.6 Å². The standard InChI is InChI=1S/C4H5BrN4/c1-2-3-4(5)7-9-8-6-3/h2H2,1H3. The van der Waals surface area contributed by atoms with Crippen LogP contribution in [0.5, 0.6) is 0 Å². The van der Waals surface area contributed by atoms with Crippen molar-refractivity contribution in [3.63, 3.8) is 0 Å². The van der Waals surface area contributed by atoms with E-state index < -0.39 is 0 Å². The van der Waals surface area contributed by atoms with Crippen molar-refractivity contribution in [1.29, 1.82) is 0 Å². The maximum Gasteiger partial charge on any atom is 0.153 e. The fourth-order valence-electron chi connectivity index (χ4n) is 0.449. The molecule has 0 atom stereocenters. The highest BCUT2D eigenvalue weighted by molar-refractivity contribution is 9.10. The number of halogens is 1. The van der Waals surface area contributed by atoms with Crippen LogP contribution in [0.3, 0.4) is 0 Å². The first-order chi connectivity index (χ1) is 4.34. The summed E-state index contributed by atoms with van der Waals surface area (Å²) in [6.07, 6.45) is 0.823. The average Bonchev–Trinajstić information content (AvgIpc) is 1.89. The number of hydrogen-bond acceptors (Lipinski definition) is 4. The molecule has 0 saturated carbocycles. The van der Waals surface area contributed by atoms with E-state index in [1.165, 1.54) is 0 Å². The van der Waals surface area contributed by atoms with Crippen LogP contribution in [0.4, 0.5) is 0 Å². The first-order valence-corrected chi connectivity index (χ1v) is 3.34. The predicted octanol–water partition coefficient (Wildman–Crippen LogP) is 0.591. The third-order valence-corrected chi connectivity index (χ3v) is 1.53. The van der Waals surface area contributed by atoms with Gasteiger partial charge in [-0.1, -0.05) is 6.92 Å². The lowest BCUT2D eigenvalue weighted by atomic mass is 10.4. The highest BCUT2D eigenvalue weighted by Gasteiger charge is 1.97. The zero-order valence-electron chi connectivity index (χ0n) is 4.87. The van der Waals surface area contributed by atoms with Crippen molar-refractivity contribution in [2.45, 2.75) is 13.3 Å². The van der Waals surface area contributed by atoms with E-state index >= 15 is 0 Å². The normalized spacial score (nSPS) is 9.56. The molecular weight excluding hydrogens is 184 g/mol. The van der Waals surface area contributed by atoms with Gasteiger partial charge in [-0.3, -0.25) is 0 Å². The summed E-state index contributed by atoms with van der Waals surface area (Å²) in [4.78, 5) is 0. The van der Waals surface area contributed by atoms with Crippen LogP contribution in [0.2, 0.25) is 0 Å². The zero-order valence-corrected chi connectivity index (χ0v) is 6.46. The molecule has 0 fully saturated rings. The SMILES string of the molecule is CCc1nnnnc1Br. The molecule has 1 aromatic heterocycles. The summed E-state index contributed by atoms with van der Waals surface area (Å²) in [6.45, 7) is 1.98. The van der Waals surface area contributed by atoms with Gasteiger partial charge in [-0.2, -0.15) is 0 Å². The minimum Gasteiger partial charge on any atom is -0.131 e. The average molecular weight is 189 g/mol. The van der Waals surface area contributed by atoms with Crippen molar-refractivity contribution in [2.75, 3.05) is 0 Å². The lowest BCUT2D eigenvalue weighted by Crippen LogP contribution is -1.97. The molecular formula is C4H5BrN4. The molecule has 9 heavy (non-hydrogen) atoms. The largest absolute Gasteiger partial charge is 0.153 e. The molecule has 0 aliphatic carbocycles. The lowest BCUT2D eigenvalue weighted by molar-refractivity contribution is 0.713. The quantitative estimate of drug-likeness (QED) is 0.648. The Balaban J connectivity index is 3.01. The van der Waals surface area contributed by atoms with E-state index in [0.29, 0.717) is 4.60 Å². The number of nitrogens with zero attached hydrogens (tertiary/aromatic N) is 4.